The quantitative estimate of drug-likeness (QED) is 0.774. The lowest BCUT2D eigenvalue weighted by Gasteiger charge is -2.23. The second kappa shape index (κ2) is 6.19. The van der Waals surface area contributed by atoms with Crippen molar-refractivity contribution in [3.63, 3.8) is 0 Å². The molecule has 0 radical (unpaired) electrons. The molecule has 1 aliphatic heterocycles. The Morgan fingerprint density at radius 3 is 2.70 bits per heavy atom. The molecule has 1 fully saturated rings. The number of ether oxygens (including phenoxy) is 1. The molecule has 23 heavy (non-hydrogen) atoms. The first-order valence-corrected chi connectivity index (χ1v) is 8.91. The molecule has 1 aromatic carbocycles. The topological polar surface area (TPSA) is 110 Å². The van der Waals surface area contributed by atoms with Gasteiger partial charge in [-0.3, -0.25) is 4.79 Å². The maximum absolute atomic E-state index is 11.9. The van der Waals surface area contributed by atoms with Gasteiger partial charge in [-0.25, -0.2) is 13.2 Å². The van der Waals surface area contributed by atoms with Crippen molar-refractivity contribution in [2.75, 3.05) is 18.1 Å². The van der Waals surface area contributed by atoms with Gasteiger partial charge in [-0.05, 0) is 31.9 Å². The number of carbonyl (C=O) groups is 2. The first-order chi connectivity index (χ1) is 10.6. The fourth-order valence-electron chi connectivity index (χ4n) is 2.51. The molecule has 1 aromatic rings. The van der Waals surface area contributed by atoms with Gasteiger partial charge in [0.2, 0.25) is 0 Å². The lowest BCUT2D eigenvalue weighted by molar-refractivity contribution is -0.125. The number of para-hydroxylation sites is 1. The van der Waals surface area contributed by atoms with E-state index in [1.165, 1.54) is 6.07 Å². The van der Waals surface area contributed by atoms with Crippen LogP contribution in [0.25, 0.3) is 0 Å². The standard InChI is InChI=1S/C15H19NO6S/c1-10-4-3-5-11(13(10)18)14(19)22-8-12(17)16-15(2)6-7-23(20,21)9-15/h3-5,18H,6-9H2,1-2H3,(H,16,17)/t15-/m0/s1. The average molecular weight is 341 g/mol. The van der Waals surface area contributed by atoms with E-state index in [-0.39, 0.29) is 22.8 Å². The second-order valence-electron chi connectivity index (χ2n) is 6.00. The van der Waals surface area contributed by atoms with Crippen LogP contribution in [0.5, 0.6) is 5.75 Å². The number of phenols is 1. The lowest BCUT2D eigenvalue weighted by Crippen LogP contribution is -2.48. The maximum Gasteiger partial charge on any atom is 0.342 e. The van der Waals surface area contributed by atoms with Crippen LogP contribution in [0, 0.1) is 6.92 Å². The first-order valence-electron chi connectivity index (χ1n) is 7.09. The number of benzene rings is 1. The minimum atomic E-state index is -3.14. The van der Waals surface area contributed by atoms with Gasteiger partial charge in [-0.1, -0.05) is 12.1 Å². The van der Waals surface area contributed by atoms with E-state index < -0.39 is 33.9 Å². The third-order valence-corrected chi connectivity index (χ3v) is 5.64. The number of phenolic OH excluding ortho intramolecular Hbond substituents is 1. The van der Waals surface area contributed by atoms with Crippen LogP contribution in [-0.2, 0) is 19.4 Å². The number of amides is 1. The molecule has 2 N–H and O–H groups in total. The van der Waals surface area contributed by atoms with E-state index in [2.05, 4.69) is 5.32 Å². The van der Waals surface area contributed by atoms with Crippen molar-refractivity contribution in [1.29, 1.82) is 0 Å². The summed E-state index contributed by atoms with van der Waals surface area (Å²) in [7, 11) is -3.14. The van der Waals surface area contributed by atoms with Crippen molar-refractivity contribution < 1.29 is 27.9 Å². The molecule has 1 aliphatic rings. The minimum absolute atomic E-state index is 0.0209. The third-order valence-electron chi connectivity index (χ3n) is 3.74. The Bertz CT molecular complexity index is 742. The molecule has 2 rings (SSSR count). The van der Waals surface area contributed by atoms with Crippen LogP contribution < -0.4 is 5.32 Å². The molecule has 0 aromatic heterocycles. The molecule has 1 atom stereocenters. The number of aromatic hydroxyl groups is 1. The van der Waals surface area contributed by atoms with Gasteiger partial charge in [-0.15, -0.1) is 0 Å². The van der Waals surface area contributed by atoms with Crippen molar-refractivity contribution in [1.82, 2.24) is 5.32 Å². The zero-order chi connectivity index (χ0) is 17.3. The van der Waals surface area contributed by atoms with Crippen molar-refractivity contribution >= 4 is 21.7 Å². The molecular weight excluding hydrogens is 322 g/mol. The van der Waals surface area contributed by atoms with Gasteiger partial charge >= 0.3 is 5.97 Å². The van der Waals surface area contributed by atoms with Gasteiger partial charge in [0, 0.05) is 0 Å². The van der Waals surface area contributed by atoms with Gasteiger partial charge in [-0.2, -0.15) is 0 Å². The van der Waals surface area contributed by atoms with E-state index in [4.69, 9.17) is 4.74 Å². The fourth-order valence-corrected chi connectivity index (χ4v) is 4.61. The van der Waals surface area contributed by atoms with Gasteiger partial charge in [0.05, 0.1) is 17.0 Å². The zero-order valence-corrected chi connectivity index (χ0v) is 13.8. The summed E-state index contributed by atoms with van der Waals surface area (Å²) in [5, 5.41) is 12.4. The number of nitrogens with one attached hydrogen (secondary N) is 1. The summed E-state index contributed by atoms with van der Waals surface area (Å²) in [5.74, 6) is -1.68. The van der Waals surface area contributed by atoms with E-state index in [1.54, 1.807) is 26.0 Å². The number of carbonyl (C=O) groups excluding carboxylic acids is 2. The molecule has 8 heteroatoms. The summed E-state index contributed by atoms with van der Waals surface area (Å²) in [5.41, 5.74) is -0.339. The predicted molar refractivity (Wildman–Crippen MR) is 82.9 cm³/mol. The van der Waals surface area contributed by atoms with Crippen LogP contribution in [0.15, 0.2) is 18.2 Å². The van der Waals surface area contributed by atoms with Crippen molar-refractivity contribution in [2.45, 2.75) is 25.8 Å². The summed E-state index contributed by atoms with van der Waals surface area (Å²) in [6.07, 6.45) is 0.327. The van der Waals surface area contributed by atoms with E-state index in [9.17, 15) is 23.1 Å². The molecule has 7 nitrogen and oxygen atoms in total. The summed E-state index contributed by atoms with van der Waals surface area (Å²) in [6, 6.07) is 4.63. The Labute approximate surface area is 134 Å². The largest absolute Gasteiger partial charge is 0.507 e. The van der Waals surface area contributed by atoms with E-state index >= 15 is 0 Å². The van der Waals surface area contributed by atoms with Crippen LogP contribution >= 0.6 is 0 Å². The highest BCUT2D eigenvalue weighted by Crippen LogP contribution is 2.23. The highest BCUT2D eigenvalue weighted by molar-refractivity contribution is 7.91. The molecular formula is C15H19NO6S. The van der Waals surface area contributed by atoms with E-state index in [1.807, 2.05) is 0 Å². The summed E-state index contributed by atoms with van der Waals surface area (Å²) in [4.78, 5) is 23.7. The van der Waals surface area contributed by atoms with Gasteiger partial charge in [0.15, 0.2) is 16.4 Å². The van der Waals surface area contributed by atoms with E-state index in [0.29, 0.717) is 12.0 Å². The zero-order valence-electron chi connectivity index (χ0n) is 13.0. The number of sulfone groups is 1. The van der Waals surface area contributed by atoms with Crippen molar-refractivity contribution in [2.24, 2.45) is 0 Å². The Morgan fingerprint density at radius 2 is 2.09 bits per heavy atom. The Hall–Kier alpha value is -2.09. The van der Waals surface area contributed by atoms with Crippen LogP contribution in [0.4, 0.5) is 0 Å². The summed E-state index contributed by atoms with van der Waals surface area (Å²) < 4.78 is 27.8. The summed E-state index contributed by atoms with van der Waals surface area (Å²) >= 11 is 0. The van der Waals surface area contributed by atoms with Gasteiger partial charge in [0.25, 0.3) is 5.91 Å². The molecule has 0 saturated carbocycles. The summed E-state index contributed by atoms with van der Waals surface area (Å²) in [6.45, 7) is 2.74. The van der Waals surface area contributed by atoms with Gasteiger partial charge < -0.3 is 15.2 Å². The Kier molecular flexibility index (Phi) is 4.65. The highest BCUT2D eigenvalue weighted by atomic mass is 32.2. The highest BCUT2D eigenvalue weighted by Gasteiger charge is 2.39. The minimum Gasteiger partial charge on any atom is -0.507 e. The number of hydrogen-bond donors (Lipinski definition) is 2. The monoisotopic (exact) mass is 341 g/mol. The smallest absolute Gasteiger partial charge is 0.342 e. The molecule has 1 saturated heterocycles. The molecule has 0 aliphatic carbocycles. The van der Waals surface area contributed by atoms with E-state index in [0.717, 1.165) is 0 Å². The molecule has 0 unspecified atom stereocenters. The molecule has 1 heterocycles. The number of hydrogen-bond acceptors (Lipinski definition) is 6. The molecule has 126 valence electrons. The van der Waals surface area contributed by atoms with Crippen molar-refractivity contribution in [3.05, 3.63) is 29.3 Å². The Balaban J connectivity index is 1.92. The normalized spacial score (nSPS) is 22.5. The van der Waals surface area contributed by atoms with Crippen LogP contribution in [0.3, 0.4) is 0 Å². The molecule has 0 spiro atoms. The second-order valence-corrected chi connectivity index (χ2v) is 8.18. The Morgan fingerprint density at radius 1 is 1.39 bits per heavy atom. The predicted octanol–water partition coefficient (Wildman–Crippen LogP) is 0.551. The van der Waals surface area contributed by atoms with Crippen molar-refractivity contribution in [3.8, 4) is 5.75 Å². The van der Waals surface area contributed by atoms with Crippen LogP contribution in [0.2, 0.25) is 0 Å². The average Bonchev–Trinajstić information content (AvgIpc) is 2.72. The number of esters is 1. The molecule has 0 bridgehead atoms. The fraction of sp³-hybridized carbons (Fsp3) is 0.467. The lowest BCUT2D eigenvalue weighted by atomic mass is 10.0. The van der Waals surface area contributed by atoms with Gasteiger partial charge in [0.1, 0.15) is 11.3 Å². The SMILES string of the molecule is Cc1cccc(C(=O)OCC(=O)N[C@@]2(C)CCS(=O)(=O)C2)c1O. The van der Waals surface area contributed by atoms with Crippen LogP contribution in [0.1, 0.15) is 29.3 Å². The maximum atomic E-state index is 11.9. The number of aryl methyl sites for hydroxylation is 1. The number of rotatable bonds is 4. The van der Waals surface area contributed by atoms with Crippen LogP contribution in [-0.4, -0.2) is 49.1 Å². The first kappa shape index (κ1) is 17.3. The molecule has 1 amide bonds. The third kappa shape index (κ3) is 4.22.